The van der Waals surface area contributed by atoms with E-state index in [2.05, 4.69) is 15.0 Å². The SMILES string of the molecule is O=C(Cc1ccc(F)cc1)C1(C(=O)Cc2ccc(Oc3ncnc4cc(Cl)ncc34)cc2)CC1. The van der Waals surface area contributed by atoms with Crippen LogP contribution < -0.4 is 4.74 Å². The maximum absolute atomic E-state index is 13.1. The zero-order valence-corrected chi connectivity index (χ0v) is 18.8. The second-order valence-electron chi connectivity index (χ2n) is 8.36. The Morgan fingerprint density at radius 2 is 1.53 bits per heavy atom. The lowest BCUT2D eigenvalue weighted by atomic mass is 9.88. The number of ketones is 2. The van der Waals surface area contributed by atoms with Crippen molar-refractivity contribution < 1.29 is 18.7 Å². The van der Waals surface area contributed by atoms with E-state index in [0.717, 1.165) is 5.56 Å². The molecule has 1 aliphatic rings. The van der Waals surface area contributed by atoms with Crippen molar-refractivity contribution in [2.75, 3.05) is 0 Å². The fourth-order valence-corrected chi connectivity index (χ4v) is 4.07. The molecule has 6 nitrogen and oxygen atoms in total. The van der Waals surface area contributed by atoms with Crippen LogP contribution in [0.1, 0.15) is 24.0 Å². The molecule has 0 aliphatic heterocycles. The smallest absolute Gasteiger partial charge is 0.231 e. The summed E-state index contributed by atoms with van der Waals surface area (Å²) < 4.78 is 19.0. The summed E-state index contributed by atoms with van der Waals surface area (Å²) in [6.45, 7) is 0. The predicted molar refractivity (Wildman–Crippen MR) is 124 cm³/mol. The number of carbonyl (C=O) groups is 2. The molecular formula is C26H19ClFN3O3. The molecule has 0 atom stereocenters. The Balaban J connectivity index is 1.25. The number of fused-ring (bicyclic) bond motifs is 1. The number of ether oxygens (including phenoxy) is 1. The van der Waals surface area contributed by atoms with Gasteiger partial charge >= 0.3 is 0 Å². The third-order valence-electron chi connectivity index (χ3n) is 6.05. The molecule has 170 valence electrons. The quantitative estimate of drug-likeness (QED) is 0.253. The highest BCUT2D eigenvalue weighted by Crippen LogP contribution is 2.48. The molecule has 0 spiro atoms. The fourth-order valence-electron chi connectivity index (χ4n) is 3.92. The molecule has 0 radical (unpaired) electrons. The van der Waals surface area contributed by atoms with Crippen LogP contribution in [0.15, 0.2) is 67.1 Å². The van der Waals surface area contributed by atoms with Crippen molar-refractivity contribution in [3.63, 3.8) is 0 Å². The van der Waals surface area contributed by atoms with Crippen LogP contribution >= 0.6 is 11.6 Å². The van der Waals surface area contributed by atoms with Gasteiger partial charge in [-0.15, -0.1) is 0 Å². The van der Waals surface area contributed by atoms with Crippen LogP contribution in [0.4, 0.5) is 4.39 Å². The minimum absolute atomic E-state index is 0.0852. The maximum Gasteiger partial charge on any atom is 0.231 e. The van der Waals surface area contributed by atoms with E-state index < -0.39 is 5.41 Å². The first kappa shape index (κ1) is 22.1. The summed E-state index contributed by atoms with van der Waals surface area (Å²) in [7, 11) is 0. The van der Waals surface area contributed by atoms with Crippen LogP contribution in [0.5, 0.6) is 11.6 Å². The average molecular weight is 476 g/mol. The third kappa shape index (κ3) is 4.52. The number of pyridine rings is 1. The molecule has 2 heterocycles. The van der Waals surface area contributed by atoms with Gasteiger partial charge in [-0.2, -0.15) is 0 Å². The summed E-state index contributed by atoms with van der Waals surface area (Å²) in [4.78, 5) is 38.2. The van der Waals surface area contributed by atoms with Gasteiger partial charge in [-0.3, -0.25) is 9.59 Å². The minimum atomic E-state index is -0.919. The third-order valence-corrected chi connectivity index (χ3v) is 6.26. The maximum atomic E-state index is 13.1. The minimum Gasteiger partial charge on any atom is -0.438 e. The number of halogens is 2. The second-order valence-corrected chi connectivity index (χ2v) is 8.74. The van der Waals surface area contributed by atoms with Crippen LogP contribution in [-0.4, -0.2) is 26.5 Å². The van der Waals surface area contributed by atoms with Gasteiger partial charge in [-0.25, -0.2) is 19.3 Å². The van der Waals surface area contributed by atoms with E-state index in [-0.39, 0.29) is 30.2 Å². The number of Topliss-reactive ketones (excluding diaryl/α,β-unsaturated/α-hetero) is 2. The monoisotopic (exact) mass is 475 g/mol. The summed E-state index contributed by atoms with van der Waals surface area (Å²) in [6.07, 6.45) is 4.36. The molecule has 1 saturated carbocycles. The summed E-state index contributed by atoms with van der Waals surface area (Å²) in [6, 6.07) is 14.5. The first-order valence-corrected chi connectivity index (χ1v) is 11.1. The van der Waals surface area contributed by atoms with Crippen molar-refractivity contribution in [1.29, 1.82) is 0 Å². The molecule has 0 N–H and O–H groups in total. The van der Waals surface area contributed by atoms with Crippen LogP contribution in [0.3, 0.4) is 0 Å². The average Bonchev–Trinajstić information content (AvgIpc) is 3.64. The lowest BCUT2D eigenvalue weighted by Gasteiger charge is -2.13. The molecule has 34 heavy (non-hydrogen) atoms. The molecule has 5 rings (SSSR count). The Morgan fingerprint density at radius 3 is 2.15 bits per heavy atom. The Morgan fingerprint density at radius 1 is 0.912 bits per heavy atom. The number of benzene rings is 2. The topological polar surface area (TPSA) is 82.0 Å². The number of nitrogens with zero attached hydrogens (tertiary/aromatic N) is 3. The van der Waals surface area contributed by atoms with Gasteiger partial charge in [-0.05, 0) is 48.2 Å². The van der Waals surface area contributed by atoms with Crippen molar-refractivity contribution in [3.05, 3.63) is 89.2 Å². The highest BCUT2D eigenvalue weighted by Gasteiger charge is 2.54. The van der Waals surface area contributed by atoms with E-state index in [1.165, 1.54) is 18.5 Å². The Kier molecular flexibility index (Phi) is 5.79. The summed E-state index contributed by atoms with van der Waals surface area (Å²) in [5, 5.41) is 0.956. The highest BCUT2D eigenvalue weighted by molar-refractivity contribution is 6.30. The molecule has 2 aromatic heterocycles. The molecule has 1 aliphatic carbocycles. The van der Waals surface area contributed by atoms with Crippen molar-refractivity contribution in [2.45, 2.75) is 25.7 Å². The number of hydrogen-bond acceptors (Lipinski definition) is 6. The van der Waals surface area contributed by atoms with E-state index in [4.69, 9.17) is 16.3 Å². The standard InChI is InChI=1S/C26H19ClFN3O3/c27-24-13-21-20(14-29-24)25(31-15-30-21)34-19-7-3-17(4-8-19)12-23(33)26(9-10-26)22(32)11-16-1-5-18(28)6-2-16/h1-8,13-15H,9-12H2. The Labute approximate surface area is 199 Å². The van der Waals surface area contributed by atoms with Gasteiger partial charge in [0.15, 0.2) is 11.6 Å². The predicted octanol–water partition coefficient (Wildman–Crippen LogP) is 5.31. The largest absolute Gasteiger partial charge is 0.438 e. The molecule has 0 unspecified atom stereocenters. The van der Waals surface area contributed by atoms with Gasteiger partial charge in [0.25, 0.3) is 0 Å². The van der Waals surface area contributed by atoms with Gasteiger partial charge in [-0.1, -0.05) is 35.9 Å². The molecule has 8 heteroatoms. The molecule has 4 aromatic rings. The van der Waals surface area contributed by atoms with Crippen LogP contribution in [-0.2, 0) is 22.4 Å². The van der Waals surface area contributed by atoms with Crippen LogP contribution in [0.25, 0.3) is 10.9 Å². The van der Waals surface area contributed by atoms with Gasteiger partial charge < -0.3 is 4.74 Å². The van der Waals surface area contributed by atoms with E-state index in [9.17, 15) is 14.0 Å². The van der Waals surface area contributed by atoms with Gasteiger partial charge in [0.2, 0.25) is 5.88 Å². The lowest BCUT2D eigenvalue weighted by Crippen LogP contribution is -2.28. The van der Waals surface area contributed by atoms with Crippen molar-refractivity contribution >= 4 is 34.1 Å². The zero-order chi connectivity index (χ0) is 23.7. The van der Waals surface area contributed by atoms with Crippen LogP contribution in [0.2, 0.25) is 5.15 Å². The molecule has 2 aromatic carbocycles. The van der Waals surface area contributed by atoms with Gasteiger partial charge in [0, 0.05) is 25.1 Å². The molecule has 1 fully saturated rings. The Bertz CT molecular complexity index is 1390. The normalized spacial score (nSPS) is 14.1. The first-order chi connectivity index (χ1) is 16.4. The molecule has 0 amide bonds. The van der Waals surface area contributed by atoms with Crippen molar-refractivity contribution in [2.24, 2.45) is 5.41 Å². The van der Waals surface area contributed by atoms with E-state index >= 15 is 0 Å². The summed E-state index contributed by atoms with van der Waals surface area (Å²) >= 11 is 5.92. The first-order valence-electron chi connectivity index (χ1n) is 10.8. The molecule has 0 bridgehead atoms. The number of hydrogen-bond donors (Lipinski definition) is 0. The van der Waals surface area contributed by atoms with E-state index in [0.29, 0.717) is 46.1 Å². The second kappa shape index (κ2) is 8.91. The zero-order valence-electron chi connectivity index (χ0n) is 18.0. The van der Waals surface area contributed by atoms with E-state index in [1.807, 2.05) is 0 Å². The summed E-state index contributed by atoms with van der Waals surface area (Å²) in [5.41, 5.74) is 1.20. The van der Waals surface area contributed by atoms with Crippen LogP contribution in [0, 0.1) is 11.2 Å². The van der Waals surface area contributed by atoms with Gasteiger partial charge in [0.05, 0.1) is 16.3 Å². The van der Waals surface area contributed by atoms with E-state index in [1.54, 1.807) is 48.7 Å². The van der Waals surface area contributed by atoms with Crippen molar-refractivity contribution in [3.8, 4) is 11.6 Å². The highest BCUT2D eigenvalue weighted by atomic mass is 35.5. The lowest BCUT2D eigenvalue weighted by molar-refractivity contribution is -0.133. The van der Waals surface area contributed by atoms with Gasteiger partial charge in [0.1, 0.15) is 23.0 Å². The number of aromatic nitrogens is 3. The molecule has 0 saturated heterocycles. The fraction of sp³-hybridized carbons (Fsp3) is 0.192. The number of carbonyl (C=O) groups excluding carboxylic acids is 2. The Hall–Kier alpha value is -3.71. The van der Waals surface area contributed by atoms with Crippen molar-refractivity contribution in [1.82, 2.24) is 15.0 Å². The molecular weight excluding hydrogens is 457 g/mol. The summed E-state index contributed by atoms with van der Waals surface area (Å²) in [5.74, 6) is 0.349. The number of rotatable bonds is 8.